The Balaban J connectivity index is 1.66. The van der Waals surface area contributed by atoms with E-state index in [0.717, 1.165) is 11.1 Å². The topological polar surface area (TPSA) is 164 Å². The van der Waals surface area contributed by atoms with Gasteiger partial charge >= 0.3 is 5.97 Å². The summed E-state index contributed by atoms with van der Waals surface area (Å²) in [6.45, 7) is 25.1. The van der Waals surface area contributed by atoms with Crippen molar-refractivity contribution in [2.45, 2.75) is 219 Å². The molecule has 13 atom stereocenters. The molecule has 5 rings (SSSR count). The fraction of sp³-hybridized carbons (Fsp3) is 0.737. The molecule has 1 aliphatic carbocycles. The number of allylic oxidation sites excluding steroid dienone is 3. The Morgan fingerprint density at radius 1 is 0.859 bits per heavy atom. The SMILES string of the molecule is CCC1/C=C(\C)CC(C)CC(OC)C2OC(O)(C(=O)C(=O)N3CCCCC3C(=O)OC(C(C)=CC3CCC(=O)C(Oc4ccccc4)C3)C(C)C(O[Si](C(C)C)(C(C)C)C(C)C)CC1=O)C(C)CC2OC. The van der Waals surface area contributed by atoms with Crippen LogP contribution in [0, 0.1) is 29.6 Å². The van der Waals surface area contributed by atoms with Crippen LogP contribution in [0.3, 0.4) is 0 Å². The van der Waals surface area contributed by atoms with Crippen molar-refractivity contribution in [2.75, 3.05) is 20.8 Å². The maximum Gasteiger partial charge on any atom is 0.329 e. The molecule has 0 aromatic heterocycles. The molecule has 71 heavy (non-hydrogen) atoms. The molecule has 2 saturated heterocycles. The monoisotopic (exact) mass is 1010 g/mol. The lowest BCUT2D eigenvalue weighted by Crippen LogP contribution is -2.64. The highest BCUT2D eigenvalue weighted by Gasteiger charge is 2.57. The summed E-state index contributed by atoms with van der Waals surface area (Å²) in [7, 11) is 0.428. The van der Waals surface area contributed by atoms with Gasteiger partial charge in [0.15, 0.2) is 11.9 Å². The van der Waals surface area contributed by atoms with Crippen LogP contribution in [0.2, 0.25) is 16.6 Å². The second kappa shape index (κ2) is 25.6. The smallest absolute Gasteiger partial charge is 0.329 e. The van der Waals surface area contributed by atoms with Crippen molar-refractivity contribution in [3.05, 3.63) is 53.6 Å². The predicted molar refractivity (Wildman–Crippen MR) is 277 cm³/mol. The molecule has 1 N–H and O–H groups in total. The van der Waals surface area contributed by atoms with Gasteiger partial charge in [-0.1, -0.05) is 105 Å². The molecule has 3 aliphatic heterocycles. The third kappa shape index (κ3) is 13.6. The zero-order valence-corrected chi connectivity index (χ0v) is 46.6. The van der Waals surface area contributed by atoms with E-state index in [4.69, 9.17) is 28.1 Å². The number of fused-ring (bicyclic) bond motifs is 3. The minimum atomic E-state index is -2.68. The molecule has 1 aromatic carbocycles. The van der Waals surface area contributed by atoms with Crippen LogP contribution in [0.5, 0.6) is 5.75 Å². The van der Waals surface area contributed by atoms with Gasteiger partial charge in [0.2, 0.25) is 14.1 Å². The number of para-hydroxylation sites is 1. The quantitative estimate of drug-likeness (QED) is 0.0914. The van der Waals surface area contributed by atoms with Crippen molar-refractivity contribution in [1.82, 2.24) is 4.90 Å². The maximum absolute atomic E-state index is 15.1. The number of hydrogen-bond acceptors (Lipinski definition) is 12. The number of amides is 1. The summed E-state index contributed by atoms with van der Waals surface area (Å²) >= 11 is 0. The molecule has 14 heteroatoms. The Kier molecular flexibility index (Phi) is 21.0. The molecule has 1 amide bonds. The van der Waals surface area contributed by atoms with Gasteiger partial charge in [0.25, 0.3) is 11.7 Å². The van der Waals surface area contributed by atoms with Gasteiger partial charge in [-0.2, -0.15) is 0 Å². The van der Waals surface area contributed by atoms with Crippen LogP contribution in [-0.2, 0) is 47.3 Å². The first-order chi connectivity index (χ1) is 33.5. The van der Waals surface area contributed by atoms with E-state index in [2.05, 4.69) is 60.6 Å². The second-order valence-corrected chi connectivity index (χ2v) is 28.0. The normalized spacial score (nSPS) is 34.7. The van der Waals surface area contributed by atoms with E-state index in [1.807, 2.05) is 58.0 Å². The highest BCUT2D eigenvalue weighted by Crippen LogP contribution is 2.46. The fourth-order valence-electron chi connectivity index (χ4n) is 12.6. The lowest BCUT2D eigenvalue weighted by molar-refractivity contribution is -0.302. The molecule has 0 spiro atoms. The van der Waals surface area contributed by atoms with Crippen molar-refractivity contribution in [3.63, 3.8) is 0 Å². The zero-order chi connectivity index (χ0) is 52.5. The number of carbonyl (C=O) groups excluding carboxylic acids is 5. The number of benzene rings is 1. The van der Waals surface area contributed by atoms with Crippen LogP contribution >= 0.6 is 0 Å². The van der Waals surface area contributed by atoms with E-state index in [-0.39, 0.29) is 65.8 Å². The van der Waals surface area contributed by atoms with Gasteiger partial charge in [0.1, 0.15) is 29.8 Å². The predicted octanol–water partition coefficient (Wildman–Crippen LogP) is 10.3. The molecule has 3 heterocycles. The summed E-state index contributed by atoms with van der Waals surface area (Å²) in [5.41, 5.74) is 2.35. The number of aliphatic hydroxyl groups is 1. The van der Waals surface area contributed by atoms with Gasteiger partial charge in [-0.25, -0.2) is 4.79 Å². The summed E-state index contributed by atoms with van der Waals surface area (Å²) in [6.07, 6.45) is 4.61. The summed E-state index contributed by atoms with van der Waals surface area (Å²) in [4.78, 5) is 73.9. The van der Waals surface area contributed by atoms with Crippen LogP contribution < -0.4 is 4.74 Å². The molecule has 13 nitrogen and oxygen atoms in total. The Bertz CT molecular complexity index is 2010. The number of rotatable bonds is 12. The van der Waals surface area contributed by atoms with Crippen LogP contribution in [-0.4, -0.2) is 117 Å². The Morgan fingerprint density at radius 3 is 2.10 bits per heavy atom. The second-order valence-electron chi connectivity index (χ2n) is 22.6. The molecular formula is C57H89NO12Si. The van der Waals surface area contributed by atoms with Gasteiger partial charge in [0.05, 0.1) is 18.3 Å². The minimum absolute atomic E-state index is 0.0319. The number of nitrogens with zero attached hydrogens (tertiary/aromatic N) is 1. The van der Waals surface area contributed by atoms with Gasteiger partial charge in [0, 0.05) is 51.4 Å². The van der Waals surface area contributed by atoms with E-state index in [1.54, 1.807) is 21.1 Å². The van der Waals surface area contributed by atoms with E-state index in [9.17, 15) is 24.3 Å². The van der Waals surface area contributed by atoms with Gasteiger partial charge in [-0.3, -0.25) is 19.2 Å². The lowest BCUT2D eigenvalue weighted by Gasteiger charge is -2.47. The first-order valence-electron chi connectivity index (χ1n) is 26.8. The minimum Gasteiger partial charge on any atom is -0.483 e. The zero-order valence-electron chi connectivity index (χ0n) is 45.6. The summed E-state index contributed by atoms with van der Waals surface area (Å²) in [5.74, 6) is -6.53. The number of cyclic esters (lactones) is 1. The number of carbonyl (C=O) groups is 5. The van der Waals surface area contributed by atoms with Crippen LogP contribution in [0.25, 0.3) is 0 Å². The number of piperidine rings is 1. The van der Waals surface area contributed by atoms with E-state index < -0.39 is 92.2 Å². The first kappa shape index (κ1) is 58.4. The van der Waals surface area contributed by atoms with Crippen molar-refractivity contribution in [1.29, 1.82) is 0 Å². The maximum atomic E-state index is 15.1. The highest BCUT2D eigenvalue weighted by atomic mass is 28.4. The number of Topliss-reactive ketones (excluding diaryl/α,β-unsaturated/α-hetero) is 3. The van der Waals surface area contributed by atoms with Crippen LogP contribution in [0.1, 0.15) is 154 Å². The summed E-state index contributed by atoms with van der Waals surface area (Å²) in [6, 6.07) is 8.17. The number of esters is 1. The Labute approximate surface area is 426 Å². The Hall–Kier alpha value is -3.53. The number of ketones is 3. The van der Waals surface area contributed by atoms with Crippen molar-refractivity contribution < 1.29 is 57.2 Å². The van der Waals surface area contributed by atoms with E-state index in [0.29, 0.717) is 57.1 Å². The highest BCUT2D eigenvalue weighted by molar-refractivity contribution is 6.77. The standard InChI is InChI=1S/C57H89NO12Si/c1-15-43-28-37(8)27-38(9)29-50(65-13)53-51(66-14)31-40(11)57(64,69-53)54(61)55(62)58-26-20-19-23-45(58)56(63)68-52(41(12)48(33-47(43)60)70-71(34(2)3,35(4)5)36(6)7)39(10)30-42-24-25-46(59)49(32-42)67-44-21-17-16-18-22-44/h16-18,21-22,28,30,34-36,38,40-43,45,48-53,64H,15,19-20,23-27,29,31-33H2,1-14H3/b37-28+,39-30?. The largest absolute Gasteiger partial charge is 0.483 e. The third-order valence-electron chi connectivity index (χ3n) is 16.5. The number of ether oxygens (including phenoxy) is 5. The molecule has 0 radical (unpaired) electrons. The number of hydrogen-bond donors (Lipinski definition) is 1. The average Bonchev–Trinajstić information content (AvgIpc) is 3.33. The average molecular weight is 1010 g/mol. The summed E-state index contributed by atoms with van der Waals surface area (Å²) < 4.78 is 38.9. The molecule has 398 valence electrons. The van der Waals surface area contributed by atoms with E-state index in [1.165, 1.54) is 4.90 Å². The first-order valence-corrected chi connectivity index (χ1v) is 29.0. The van der Waals surface area contributed by atoms with Crippen molar-refractivity contribution in [2.24, 2.45) is 29.6 Å². The van der Waals surface area contributed by atoms with Gasteiger partial charge in [-0.15, -0.1) is 0 Å². The van der Waals surface area contributed by atoms with Crippen molar-refractivity contribution in [3.8, 4) is 5.75 Å². The Morgan fingerprint density at radius 2 is 1.49 bits per heavy atom. The molecule has 13 unspecified atom stereocenters. The summed E-state index contributed by atoms with van der Waals surface area (Å²) in [5, 5.41) is 12.3. The molecular weight excluding hydrogens is 919 g/mol. The molecule has 2 bridgehead atoms. The van der Waals surface area contributed by atoms with Gasteiger partial charge in [-0.05, 0) is 118 Å². The van der Waals surface area contributed by atoms with Gasteiger partial charge < -0.3 is 38.1 Å². The van der Waals surface area contributed by atoms with Crippen LogP contribution in [0.4, 0.5) is 0 Å². The molecule has 1 aromatic rings. The lowest BCUT2D eigenvalue weighted by atomic mass is 9.82. The molecule has 4 aliphatic rings. The van der Waals surface area contributed by atoms with Crippen molar-refractivity contribution >= 4 is 37.5 Å². The third-order valence-corrected chi connectivity index (χ3v) is 22.6. The fourth-order valence-corrected chi connectivity index (χ4v) is 18.2. The van der Waals surface area contributed by atoms with Crippen LogP contribution in [0.15, 0.2) is 53.6 Å². The van der Waals surface area contributed by atoms with E-state index >= 15 is 4.79 Å². The number of methoxy groups -OCH3 is 2. The molecule has 1 saturated carbocycles. The molecule has 3 fully saturated rings.